The Morgan fingerprint density at radius 1 is 1.17 bits per heavy atom. The predicted octanol–water partition coefficient (Wildman–Crippen LogP) is 3.89. The van der Waals surface area contributed by atoms with Crippen molar-refractivity contribution >= 4 is 0 Å². The predicted molar refractivity (Wildman–Crippen MR) is 56.5 cm³/mol. The van der Waals surface area contributed by atoms with Gasteiger partial charge in [-0.2, -0.15) is 19.9 Å². The molecule has 1 aliphatic rings. The fourth-order valence-electron chi connectivity index (χ4n) is 0.340. The second-order valence-electron chi connectivity index (χ2n) is 1.58. The summed E-state index contributed by atoms with van der Waals surface area (Å²) in [5.74, 6) is 0. The molecule has 0 radical (unpaired) electrons. The van der Waals surface area contributed by atoms with Gasteiger partial charge in [0.1, 0.15) is 0 Å². The molecule has 0 amide bonds. The first-order chi connectivity index (χ1) is 3.91. The summed E-state index contributed by atoms with van der Waals surface area (Å²) in [6, 6.07) is 0. The number of rotatable bonds is 0. The summed E-state index contributed by atoms with van der Waals surface area (Å²) in [5, 5.41) is 0. The van der Waals surface area contributed by atoms with Crippen LogP contribution in [0.1, 0.15) is 20.3 Å². The van der Waals surface area contributed by atoms with Gasteiger partial charge in [-0.25, -0.2) is 12.2 Å². The molecule has 0 aromatic carbocycles. The van der Waals surface area contributed by atoms with E-state index in [9.17, 15) is 0 Å². The Morgan fingerprint density at radius 2 is 1.58 bits per heavy atom. The van der Waals surface area contributed by atoms with Gasteiger partial charge in [0.2, 0.25) is 0 Å². The van der Waals surface area contributed by atoms with Gasteiger partial charge in [-0.05, 0) is 0 Å². The third-order valence-corrected chi connectivity index (χ3v) is 0.586. The molecule has 0 heterocycles. The van der Waals surface area contributed by atoms with Crippen LogP contribution in [0.4, 0.5) is 0 Å². The molecule has 0 spiro atoms. The molecule has 0 aromatic rings. The van der Waals surface area contributed by atoms with Crippen molar-refractivity contribution in [2.24, 2.45) is 0 Å². The third-order valence-electron chi connectivity index (χ3n) is 0.586. The Morgan fingerprint density at radius 3 is 1.67 bits per heavy atom. The summed E-state index contributed by atoms with van der Waals surface area (Å²) in [4.78, 5) is 0. The van der Waals surface area contributed by atoms with Crippen LogP contribution >= 0.6 is 0 Å². The molecular formula is C11H21Er-5. The topological polar surface area (TPSA) is 0 Å². The Kier molecular flexibility index (Phi) is 72.8. The zero-order chi connectivity index (χ0) is 6.24. The van der Waals surface area contributed by atoms with Crippen molar-refractivity contribution in [1.82, 2.24) is 0 Å². The van der Waals surface area contributed by atoms with E-state index in [2.05, 4.69) is 12.2 Å². The maximum Gasteiger partial charge on any atom is 0 e. The van der Waals surface area contributed by atoms with Crippen molar-refractivity contribution < 1.29 is 37.3 Å². The molecular weight excluding hydrogens is 299 g/mol. The molecule has 0 aliphatic heterocycles. The minimum absolute atomic E-state index is 0. The van der Waals surface area contributed by atoms with Crippen LogP contribution in [-0.2, 0) is 0 Å². The summed E-state index contributed by atoms with van der Waals surface area (Å²) in [6.07, 6.45) is 12.0. The SMILES string of the molecule is C[CH-]C.[C-]1=CC=CC1.[CH3-].[CH3-].[CH3-].[Er]. The van der Waals surface area contributed by atoms with E-state index in [0.717, 1.165) is 6.42 Å². The Balaban J connectivity index is -0.0000000219. The van der Waals surface area contributed by atoms with Gasteiger partial charge in [0, 0.05) is 37.3 Å². The second-order valence-corrected chi connectivity index (χ2v) is 1.58. The fourth-order valence-corrected chi connectivity index (χ4v) is 0.340. The molecule has 0 nitrogen and oxygen atoms in total. The van der Waals surface area contributed by atoms with Crippen LogP contribution in [0.2, 0.25) is 0 Å². The zero-order valence-electron chi connectivity index (χ0n) is 8.81. The minimum Gasteiger partial charge on any atom is -0.358 e. The quantitative estimate of drug-likeness (QED) is 0.594. The minimum atomic E-state index is 0. The number of hydrogen-bond donors (Lipinski definition) is 0. The van der Waals surface area contributed by atoms with Gasteiger partial charge < -0.3 is 28.7 Å². The van der Waals surface area contributed by atoms with E-state index < -0.39 is 0 Å². The summed E-state index contributed by atoms with van der Waals surface area (Å²) >= 11 is 0. The molecule has 0 fully saturated rings. The van der Waals surface area contributed by atoms with Crippen LogP contribution in [0.25, 0.3) is 0 Å². The third kappa shape index (κ3) is 30.9. The summed E-state index contributed by atoms with van der Waals surface area (Å²) < 4.78 is 0. The molecule has 0 atom stereocenters. The number of allylic oxidation sites excluding steroid dienone is 4. The Bertz CT molecular complexity index is 73.0. The van der Waals surface area contributed by atoms with Crippen LogP contribution in [0.5, 0.6) is 0 Å². The largest absolute Gasteiger partial charge is 0.358 e. The van der Waals surface area contributed by atoms with Crippen molar-refractivity contribution in [3.63, 3.8) is 0 Å². The van der Waals surface area contributed by atoms with Crippen LogP contribution in [0.15, 0.2) is 18.2 Å². The maximum atomic E-state index is 2.99. The number of hydrogen-bond acceptors (Lipinski definition) is 0. The first-order valence-electron chi connectivity index (χ1n) is 2.87. The monoisotopic (exact) mass is 319 g/mol. The summed E-state index contributed by atoms with van der Waals surface area (Å²) in [7, 11) is 0. The summed E-state index contributed by atoms with van der Waals surface area (Å²) in [5.41, 5.74) is 0. The zero-order valence-corrected chi connectivity index (χ0v) is 10.7. The molecule has 82 valence electrons. The van der Waals surface area contributed by atoms with Crippen molar-refractivity contribution in [1.29, 1.82) is 0 Å². The van der Waals surface area contributed by atoms with Crippen molar-refractivity contribution in [3.8, 4) is 0 Å². The molecule has 0 bridgehead atoms. The molecule has 0 aromatic heterocycles. The molecule has 1 rings (SSSR count). The van der Waals surface area contributed by atoms with Gasteiger partial charge in [0.25, 0.3) is 0 Å². The van der Waals surface area contributed by atoms with E-state index in [0.29, 0.717) is 0 Å². The summed E-state index contributed by atoms with van der Waals surface area (Å²) in [6.45, 7) is 4.00. The molecule has 0 saturated heterocycles. The molecule has 1 heteroatoms. The van der Waals surface area contributed by atoms with Gasteiger partial charge in [0.05, 0.1) is 0 Å². The van der Waals surface area contributed by atoms with Gasteiger partial charge in [-0.1, -0.05) is 0 Å². The molecule has 12 heavy (non-hydrogen) atoms. The second kappa shape index (κ2) is 29.8. The molecule has 1 aliphatic carbocycles. The standard InChI is InChI=1S/C5H5.C3H7.3CH3.Er/c1-2-4-5-3-1;1-3-2;;;;/h1-3H,4H2;3H,1-2H3;3*1H3;/q5*-1;. The van der Waals surface area contributed by atoms with Crippen LogP contribution in [0, 0.1) is 72.1 Å². The average Bonchev–Trinajstić information content (AvgIpc) is 2.17. The smallest absolute Gasteiger partial charge is 0 e. The first-order valence-corrected chi connectivity index (χ1v) is 2.87. The first kappa shape index (κ1) is 29.3. The van der Waals surface area contributed by atoms with Crippen LogP contribution in [-0.4, -0.2) is 0 Å². The van der Waals surface area contributed by atoms with Gasteiger partial charge in [-0.3, -0.25) is 6.08 Å². The van der Waals surface area contributed by atoms with Crippen LogP contribution in [0.3, 0.4) is 0 Å². The van der Waals surface area contributed by atoms with Crippen molar-refractivity contribution in [3.05, 3.63) is 53.0 Å². The Labute approximate surface area is 110 Å². The van der Waals surface area contributed by atoms with Gasteiger partial charge in [0.15, 0.2) is 0 Å². The fraction of sp³-hybridized carbons (Fsp3) is 0.273. The maximum absolute atomic E-state index is 2.99. The molecule has 0 unspecified atom stereocenters. The van der Waals surface area contributed by atoms with Gasteiger partial charge >= 0.3 is 0 Å². The normalized spacial score (nSPS) is 8.83. The Hall–Kier alpha value is 0.727. The van der Waals surface area contributed by atoms with E-state index in [-0.39, 0.29) is 59.6 Å². The molecule has 0 saturated carbocycles. The van der Waals surface area contributed by atoms with Crippen molar-refractivity contribution in [2.45, 2.75) is 20.3 Å². The van der Waals surface area contributed by atoms with E-state index in [1.165, 1.54) is 0 Å². The van der Waals surface area contributed by atoms with Crippen molar-refractivity contribution in [2.75, 3.05) is 0 Å². The van der Waals surface area contributed by atoms with E-state index in [1.807, 2.05) is 32.4 Å². The average molecular weight is 321 g/mol. The van der Waals surface area contributed by atoms with Crippen LogP contribution < -0.4 is 0 Å². The molecule has 0 N–H and O–H groups in total. The van der Waals surface area contributed by atoms with Gasteiger partial charge in [-0.15, -0.1) is 6.42 Å². The van der Waals surface area contributed by atoms with E-state index >= 15 is 0 Å². The van der Waals surface area contributed by atoms with E-state index in [1.54, 1.807) is 0 Å². The van der Waals surface area contributed by atoms with E-state index in [4.69, 9.17) is 0 Å².